The van der Waals surface area contributed by atoms with Gasteiger partial charge >= 0.3 is 0 Å². The van der Waals surface area contributed by atoms with Gasteiger partial charge in [-0.05, 0) is 42.8 Å². The summed E-state index contributed by atoms with van der Waals surface area (Å²) in [5.41, 5.74) is 2.22. The van der Waals surface area contributed by atoms with Gasteiger partial charge in [0.25, 0.3) is 5.35 Å². The van der Waals surface area contributed by atoms with Crippen molar-refractivity contribution in [2.24, 2.45) is 0 Å². The number of oxazole rings is 1. The molecule has 1 aromatic heterocycles. The van der Waals surface area contributed by atoms with E-state index in [1.807, 2.05) is 19.1 Å². The van der Waals surface area contributed by atoms with Gasteiger partial charge in [-0.25, -0.2) is 4.98 Å². The van der Waals surface area contributed by atoms with Gasteiger partial charge in [0.05, 0.1) is 17.3 Å². The van der Waals surface area contributed by atoms with E-state index >= 15 is 0 Å². The van der Waals surface area contributed by atoms with E-state index in [2.05, 4.69) is 11.1 Å². The topological polar surface area (TPSA) is 49.8 Å². The van der Waals surface area contributed by atoms with Crippen LogP contribution in [0.5, 0.6) is 0 Å². The second-order valence-corrected chi connectivity index (χ2v) is 3.39. The maximum absolute atomic E-state index is 8.65. The largest absolute Gasteiger partial charge is 0.427 e. The van der Waals surface area contributed by atoms with Gasteiger partial charge in [-0.3, -0.25) is 0 Å². The number of aromatic nitrogens is 1. The Hall–Kier alpha value is -1.79. The van der Waals surface area contributed by atoms with Crippen LogP contribution in [-0.4, -0.2) is 4.98 Å². The lowest BCUT2D eigenvalue weighted by molar-refractivity contribution is 0.573. The molecular formula is C11H7ClN2O. The molecule has 0 aliphatic rings. The predicted molar refractivity (Wildman–Crippen MR) is 56.4 cm³/mol. The smallest absolute Gasteiger partial charge is 0.292 e. The van der Waals surface area contributed by atoms with Crippen LogP contribution in [0.25, 0.3) is 11.3 Å². The van der Waals surface area contributed by atoms with Gasteiger partial charge in [-0.15, -0.1) is 0 Å². The summed E-state index contributed by atoms with van der Waals surface area (Å²) < 4.78 is 5.25. The molecule has 2 aromatic rings. The average Bonchev–Trinajstić information content (AvgIpc) is 2.58. The normalized spacial score (nSPS) is 9.93. The van der Waals surface area contributed by atoms with E-state index in [-0.39, 0.29) is 5.35 Å². The van der Waals surface area contributed by atoms with Gasteiger partial charge < -0.3 is 4.42 Å². The predicted octanol–water partition coefficient (Wildman–Crippen LogP) is 3.18. The van der Waals surface area contributed by atoms with Gasteiger partial charge in [0.1, 0.15) is 0 Å². The van der Waals surface area contributed by atoms with E-state index in [1.165, 1.54) is 0 Å². The fraction of sp³-hybridized carbons (Fsp3) is 0.0909. The van der Waals surface area contributed by atoms with E-state index in [9.17, 15) is 0 Å². The minimum atomic E-state index is 0.131. The Kier molecular flexibility index (Phi) is 2.44. The number of benzene rings is 1. The van der Waals surface area contributed by atoms with Crippen molar-refractivity contribution < 1.29 is 4.42 Å². The molecule has 2 rings (SSSR count). The highest BCUT2D eigenvalue weighted by Gasteiger charge is 2.09. The van der Waals surface area contributed by atoms with Crippen molar-refractivity contribution in [1.82, 2.24) is 4.98 Å². The molecule has 1 aromatic carbocycles. The zero-order chi connectivity index (χ0) is 10.8. The lowest BCUT2D eigenvalue weighted by atomic mass is 10.1. The van der Waals surface area contributed by atoms with E-state index in [0.29, 0.717) is 11.3 Å². The first-order chi connectivity index (χ1) is 7.20. The first kappa shape index (κ1) is 9.75. The van der Waals surface area contributed by atoms with Crippen LogP contribution in [0.2, 0.25) is 5.35 Å². The molecule has 3 nitrogen and oxygen atoms in total. The summed E-state index contributed by atoms with van der Waals surface area (Å²) in [4.78, 5) is 3.96. The van der Waals surface area contributed by atoms with Gasteiger partial charge in [0, 0.05) is 5.56 Å². The second kappa shape index (κ2) is 3.76. The third-order valence-electron chi connectivity index (χ3n) is 2.05. The summed E-state index contributed by atoms with van der Waals surface area (Å²) in [6.07, 6.45) is 0. The Morgan fingerprint density at radius 1 is 1.33 bits per heavy atom. The summed E-state index contributed by atoms with van der Waals surface area (Å²) in [7, 11) is 0. The monoisotopic (exact) mass is 218 g/mol. The van der Waals surface area contributed by atoms with Crippen LogP contribution in [0.3, 0.4) is 0 Å². The minimum absolute atomic E-state index is 0.131. The zero-order valence-electron chi connectivity index (χ0n) is 7.99. The molecule has 0 saturated heterocycles. The molecule has 0 spiro atoms. The first-order valence-electron chi connectivity index (χ1n) is 4.34. The molecular weight excluding hydrogens is 212 g/mol. The van der Waals surface area contributed by atoms with Crippen molar-refractivity contribution >= 4 is 11.6 Å². The number of hydrogen-bond donors (Lipinski definition) is 0. The average molecular weight is 219 g/mol. The fourth-order valence-corrected chi connectivity index (χ4v) is 1.53. The zero-order valence-corrected chi connectivity index (χ0v) is 8.75. The summed E-state index contributed by atoms with van der Waals surface area (Å²) in [5, 5.41) is 8.78. The maximum Gasteiger partial charge on any atom is 0.292 e. The van der Waals surface area contributed by atoms with Crippen LogP contribution in [0.1, 0.15) is 11.3 Å². The fourth-order valence-electron chi connectivity index (χ4n) is 1.33. The quantitative estimate of drug-likeness (QED) is 0.739. The minimum Gasteiger partial charge on any atom is -0.427 e. The van der Waals surface area contributed by atoms with Crippen molar-refractivity contribution in [3.63, 3.8) is 0 Å². The molecule has 0 amide bonds. The van der Waals surface area contributed by atoms with Gasteiger partial charge in [0.15, 0.2) is 5.76 Å². The number of rotatable bonds is 1. The summed E-state index contributed by atoms with van der Waals surface area (Å²) >= 11 is 5.64. The van der Waals surface area contributed by atoms with E-state index in [0.717, 1.165) is 11.3 Å². The van der Waals surface area contributed by atoms with Crippen molar-refractivity contribution in [2.75, 3.05) is 0 Å². The van der Waals surface area contributed by atoms with E-state index < -0.39 is 0 Å². The van der Waals surface area contributed by atoms with Crippen LogP contribution in [0, 0.1) is 18.3 Å². The SMILES string of the molecule is Cc1nc(Cl)oc1-c1ccc(C#N)cc1. The van der Waals surface area contributed by atoms with Crippen LogP contribution in [-0.2, 0) is 0 Å². The standard InChI is InChI=1S/C11H7ClN2O/c1-7-10(15-11(12)14-7)9-4-2-8(6-13)3-5-9/h2-5H,1H3. The van der Waals surface area contributed by atoms with Crippen LogP contribution in [0.4, 0.5) is 0 Å². The molecule has 74 valence electrons. The Balaban J connectivity index is 2.46. The summed E-state index contributed by atoms with van der Waals surface area (Å²) in [6, 6.07) is 9.12. The molecule has 1 heterocycles. The summed E-state index contributed by atoms with van der Waals surface area (Å²) in [6.45, 7) is 1.82. The molecule has 0 unspecified atom stereocenters. The van der Waals surface area contributed by atoms with Crippen molar-refractivity contribution in [1.29, 1.82) is 5.26 Å². The lowest BCUT2D eigenvalue weighted by Gasteiger charge is -1.96. The molecule has 0 aliphatic carbocycles. The van der Waals surface area contributed by atoms with Crippen molar-refractivity contribution in [2.45, 2.75) is 6.92 Å². The molecule has 0 fully saturated rings. The van der Waals surface area contributed by atoms with E-state index in [1.54, 1.807) is 12.1 Å². The Labute approximate surface area is 91.9 Å². The molecule has 0 radical (unpaired) electrons. The number of aryl methyl sites for hydroxylation is 1. The van der Waals surface area contributed by atoms with Gasteiger partial charge in [0.2, 0.25) is 0 Å². The molecule has 0 aliphatic heterocycles. The number of nitrogens with zero attached hydrogens (tertiary/aromatic N) is 2. The number of halogens is 1. The second-order valence-electron chi connectivity index (χ2n) is 3.07. The highest BCUT2D eigenvalue weighted by atomic mass is 35.5. The maximum atomic E-state index is 8.65. The Bertz CT molecular complexity index is 523. The molecule has 0 atom stereocenters. The van der Waals surface area contributed by atoms with Crippen LogP contribution < -0.4 is 0 Å². The van der Waals surface area contributed by atoms with Gasteiger partial charge in [-0.2, -0.15) is 5.26 Å². The lowest BCUT2D eigenvalue weighted by Crippen LogP contribution is -1.79. The molecule has 0 saturated carbocycles. The first-order valence-corrected chi connectivity index (χ1v) is 4.72. The number of nitriles is 1. The molecule has 4 heteroatoms. The molecule has 0 bridgehead atoms. The van der Waals surface area contributed by atoms with Crippen molar-refractivity contribution in [3.8, 4) is 17.4 Å². The van der Waals surface area contributed by atoms with E-state index in [4.69, 9.17) is 21.3 Å². The molecule has 0 N–H and O–H groups in total. The van der Waals surface area contributed by atoms with Gasteiger partial charge in [-0.1, -0.05) is 0 Å². The third kappa shape index (κ3) is 1.85. The highest BCUT2D eigenvalue weighted by Crippen LogP contribution is 2.26. The Morgan fingerprint density at radius 2 is 2.00 bits per heavy atom. The highest BCUT2D eigenvalue weighted by molar-refractivity contribution is 6.27. The Morgan fingerprint density at radius 3 is 2.47 bits per heavy atom. The van der Waals surface area contributed by atoms with Crippen LogP contribution in [0.15, 0.2) is 28.7 Å². The number of hydrogen-bond acceptors (Lipinski definition) is 3. The van der Waals surface area contributed by atoms with Crippen molar-refractivity contribution in [3.05, 3.63) is 40.9 Å². The van der Waals surface area contributed by atoms with Crippen LogP contribution >= 0.6 is 11.6 Å². The third-order valence-corrected chi connectivity index (χ3v) is 2.21. The summed E-state index contributed by atoms with van der Waals surface area (Å²) in [5.74, 6) is 0.643. The molecule has 15 heavy (non-hydrogen) atoms.